The Morgan fingerprint density at radius 1 is 0.963 bits per heavy atom. The van der Waals surface area contributed by atoms with Crippen LogP contribution in [0.5, 0.6) is 0 Å². The molecule has 1 aromatic carbocycles. The molecular formula is C19H29N3O4S. The lowest BCUT2D eigenvalue weighted by Gasteiger charge is -2.15. The van der Waals surface area contributed by atoms with E-state index in [0.717, 1.165) is 24.8 Å². The minimum Gasteiger partial charge on any atom is -0.356 e. The van der Waals surface area contributed by atoms with Gasteiger partial charge in [-0.2, -0.15) is 4.31 Å². The largest absolute Gasteiger partial charge is 0.356 e. The van der Waals surface area contributed by atoms with Crippen LogP contribution in [0.3, 0.4) is 0 Å². The first kappa shape index (κ1) is 21.4. The Morgan fingerprint density at radius 3 is 2.19 bits per heavy atom. The van der Waals surface area contributed by atoms with E-state index in [-0.39, 0.29) is 18.2 Å². The maximum atomic E-state index is 12.5. The zero-order chi connectivity index (χ0) is 19.7. The van der Waals surface area contributed by atoms with Gasteiger partial charge in [0.1, 0.15) is 0 Å². The summed E-state index contributed by atoms with van der Waals surface area (Å²) in [6.45, 7) is 4.12. The van der Waals surface area contributed by atoms with Crippen LogP contribution < -0.4 is 10.6 Å². The van der Waals surface area contributed by atoms with Crippen molar-refractivity contribution in [2.75, 3.05) is 26.2 Å². The summed E-state index contributed by atoms with van der Waals surface area (Å²) in [5.74, 6) is -0.181. The Labute approximate surface area is 161 Å². The number of nitrogens with one attached hydrogen (secondary N) is 2. The van der Waals surface area contributed by atoms with Crippen molar-refractivity contribution in [2.45, 2.75) is 50.3 Å². The number of benzene rings is 1. The zero-order valence-electron chi connectivity index (χ0n) is 15.9. The summed E-state index contributed by atoms with van der Waals surface area (Å²) in [6, 6.07) is 6.74. The molecule has 1 saturated heterocycles. The molecule has 2 N–H and O–H groups in total. The molecule has 27 heavy (non-hydrogen) atoms. The number of hydrogen-bond acceptors (Lipinski definition) is 4. The van der Waals surface area contributed by atoms with Crippen molar-refractivity contribution >= 4 is 21.8 Å². The summed E-state index contributed by atoms with van der Waals surface area (Å²) in [4.78, 5) is 23.6. The monoisotopic (exact) mass is 395 g/mol. The van der Waals surface area contributed by atoms with Crippen molar-refractivity contribution in [1.82, 2.24) is 14.9 Å². The van der Waals surface area contributed by atoms with Gasteiger partial charge in [-0.05, 0) is 43.4 Å². The normalized spacial score (nSPS) is 14.9. The summed E-state index contributed by atoms with van der Waals surface area (Å²) in [5.41, 5.74) is 0.909. The van der Waals surface area contributed by atoms with Crippen LogP contribution >= 0.6 is 0 Å². The Balaban J connectivity index is 1.74. The number of hydrogen-bond donors (Lipinski definition) is 2. The van der Waals surface area contributed by atoms with Gasteiger partial charge in [0, 0.05) is 39.0 Å². The fourth-order valence-electron chi connectivity index (χ4n) is 2.92. The summed E-state index contributed by atoms with van der Waals surface area (Å²) in [7, 11) is -3.40. The average molecular weight is 396 g/mol. The molecule has 7 nitrogen and oxygen atoms in total. The van der Waals surface area contributed by atoms with E-state index in [4.69, 9.17) is 0 Å². The van der Waals surface area contributed by atoms with Crippen molar-refractivity contribution in [3.8, 4) is 0 Å². The molecule has 2 rings (SSSR count). The molecule has 1 aliphatic heterocycles. The fourth-order valence-corrected chi connectivity index (χ4v) is 4.44. The quantitative estimate of drug-likeness (QED) is 0.627. The first-order chi connectivity index (χ1) is 12.9. The van der Waals surface area contributed by atoms with Gasteiger partial charge in [-0.1, -0.05) is 19.1 Å². The third kappa shape index (κ3) is 6.62. The molecule has 0 aliphatic carbocycles. The second kappa shape index (κ2) is 10.4. The molecule has 0 radical (unpaired) electrons. The van der Waals surface area contributed by atoms with Crippen LogP contribution in [0, 0.1) is 0 Å². The number of sulfonamides is 1. The molecule has 0 bridgehead atoms. The van der Waals surface area contributed by atoms with E-state index >= 15 is 0 Å². The van der Waals surface area contributed by atoms with Gasteiger partial charge in [-0.3, -0.25) is 9.59 Å². The Bertz CT molecular complexity index is 726. The van der Waals surface area contributed by atoms with E-state index in [9.17, 15) is 18.0 Å². The van der Waals surface area contributed by atoms with Crippen molar-refractivity contribution < 1.29 is 18.0 Å². The van der Waals surface area contributed by atoms with E-state index in [1.165, 1.54) is 4.31 Å². The Kier molecular flexibility index (Phi) is 8.24. The number of aryl methyl sites for hydroxylation is 1. The summed E-state index contributed by atoms with van der Waals surface area (Å²) >= 11 is 0. The van der Waals surface area contributed by atoms with Crippen LogP contribution in [0.25, 0.3) is 0 Å². The van der Waals surface area contributed by atoms with Crippen molar-refractivity contribution in [1.29, 1.82) is 0 Å². The van der Waals surface area contributed by atoms with Crippen molar-refractivity contribution in [2.24, 2.45) is 0 Å². The predicted molar refractivity (Wildman–Crippen MR) is 104 cm³/mol. The van der Waals surface area contributed by atoms with E-state index < -0.39 is 10.0 Å². The van der Waals surface area contributed by atoms with E-state index in [0.29, 0.717) is 43.9 Å². The van der Waals surface area contributed by atoms with Crippen LogP contribution in [0.2, 0.25) is 0 Å². The van der Waals surface area contributed by atoms with Crippen molar-refractivity contribution in [3.05, 3.63) is 29.8 Å². The van der Waals surface area contributed by atoms with Gasteiger partial charge in [0.25, 0.3) is 0 Å². The van der Waals surface area contributed by atoms with Crippen LogP contribution in [-0.2, 0) is 26.0 Å². The smallest absolute Gasteiger partial charge is 0.243 e. The molecule has 0 aromatic heterocycles. The lowest BCUT2D eigenvalue weighted by molar-refractivity contribution is -0.122. The average Bonchev–Trinajstić information content (AvgIpc) is 3.21. The van der Waals surface area contributed by atoms with Crippen LogP contribution in [0.1, 0.15) is 44.6 Å². The van der Waals surface area contributed by atoms with Crippen LogP contribution in [0.4, 0.5) is 0 Å². The molecule has 1 aromatic rings. The number of carbonyl (C=O) groups is 2. The SMILES string of the molecule is CCCNC(=O)CCNC(=O)CCc1ccc(S(=O)(=O)N2CCCC2)cc1. The van der Waals surface area contributed by atoms with Gasteiger partial charge < -0.3 is 10.6 Å². The minimum atomic E-state index is -3.40. The zero-order valence-corrected chi connectivity index (χ0v) is 16.7. The van der Waals surface area contributed by atoms with Crippen molar-refractivity contribution in [3.63, 3.8) is 0 Å². The highest BCUT2D eigenvalue weighted by molar-refractivity contribution is 7.89. The highest BCUT2D eigenvalue weighted by atomic mass is 32.2. The molecule has 0 unspecified atom stereocenters. The number of rotatable bonds is 10. The lowest BCUT2D eigenvalue weighted by Crippen LogP contribution is -2.31. The Hall–Kier alpha value is -1.93. The summed E-state index contributed by atoms with van der Waals surface area (Å²) in [6.07, 6.45) is 3.80. The van der Waals surface area contributed by atoms with Gasteiger partial charge in [0.05, 0.1) is 4.90 Å². The molecule has 0 atom stereocenters. The number of carbonyl (C=O) groups excluding carboxylic acids is 2. The van der Waals surface area contributed by atoms with E-state index in [1.807, 2.05) is 6.92 Å². The van der Waals surface area contributed by atoms with Gasteiger partial charge in [0.15, 0.2) is 0 Å². The first-order valence-corrected chi connectivity index (χ1v) is 11.0. The van der Waals surface area contributed by atoms with Gasteiger partial charge in [-0.15, -0.1) is 0 Å². The van der Waals surface area contributed by atoms with Gasteiger partial charge in [-0.25, -0.2) is 8.42 Å². The highest BCUT2D eigenvalue weighted by Gasteiger charge is 2.26. The molecule has 1 fully saturated rings. The van der Waals surface area contributed by atoms with E-state index in [1.54, 1.807) is 24.3 Å². The molecule has 0 spiro atoms. The molecule has 150 valence electrons. The van der Waals surface area contributed by atoms with Gasteiger partial charge in [0.2, 0.25) is 21.8 Å². The molecule has 1 heterocycles. The topological polar surface area (TPSA) is 95.6 Å². The summed E-state index contributed by atoms with van der Waals surface area (Å²) in [5, 5.41) is 5.49. The first-order valence-electron chi connectivity index (χ1n) is 9.56. The number of amides is 2. The summed E-state index contributed by atoms with van der Waals surface area (Å²) < 4.78 is 26.5. The van der Waals surface area contributed by atoms with Crippen LogP contribution in [-0.4, -0.2) is 50.7 Å². The fraction of sp³-hybridized carbons (Fsp3) is 0.579. The third-order valence-corrected chi connectivity index (χ3v) is 6.43. The maximum Gasteiger partial charge on any atom is 0.243 e. The van der Waals surface area contributed by atoms with E-state index in [2.05, 4.69) is 10.6 Å². The maximum absolute atomic E-state index is 12.5. The number of nitrogens with zero attached hydrogens (tertiary/aromatic N) is 1. The lowest BCUT2D eigenvalue weighted by atomic mass is 10.1. The molecule has 8 heteroatoms. The molecule has 2 amide bonds. The van der Waals surface area contributed by atoms with Gasteiger partial charge >= 0.3 is 0 Å². The molecule has 1 aliphatic rings. The standard InChI is InChI=1S/C19H29N3O4S/c1-2-12-20-19(24)11-13-21-18(23)10-7-16-5-8-17(9-6-16)27(25,26)22-14-3-4-15-22/h5-6,8-9H,2-4,7,10-15H2,1H3,(H,20,24)(H,21,23). The minimum absolute atomic E-state index is 0.0630. The highest BCUT2D eigenvalue weighted by Crippen LogP contribution is 2.21. The predicted octanol–water partition coefficient (Wildman–Crippen LogP) is 1.44. The second-order valence-corrected chi connectivity index (χ2v) is 8.64. The van der Waals surface area contributed by atoms with Crippen LogP contribution in [0.15, 0.2) is 29.2 Å². The molecular weight excluding hydrogens is 366 g/mol. The molecule has 0 saturated carbocycles. The second-order valence-electron chi connectivity index (χ2n) is 6.71. The third-order valence-electron chi connectivity index (χ3n) is 4.51. The Morgan fingerprint density at radius 2 is 1.56 bits per heavy atom.